The number of anilines is 1. The number of rotatable bonds is 5. The van der Waals surface area contributed by atoms with Gasteiger partial charge in [0.25, 0.3) is 0 Å². The van der Waals surface area contributed by atoms with Gasteiger partial charge in [-0.05, 0) is 43.7 Å². The molecule has 2 rings (SSSR count). The Morgan fingerprint density at radius 1 is 1.35 bits per heavy atom. The van der Waals surface area contributed by atoms with E-state index in [1.807, 2.05) is 0 Å². The van der Waals surface area contributed by atoms with Crippen molar-refractivity contribution in [2.45, 2.75) is 51.9 Å². The first-order chi connectivity index (χ1) is 9.69. The average Bonchev–Trinajstić information content (AvgIpc) is 2.45. The van der Waals surface area contributed by atoms with Crippen LogP contribution in [0.2, 0.25) is 5.15 Å². The largest absolute Gasteiger partial charge is 0.310 e. The summed E-state index contributed by atoms with van der Waals surface area (Å²) in [7, 11) is 0. The number of pyridine rings is 1. The number of amides is 1. The Morgan fingerprint density at radius 2 is 2.10 bits per heavy atom. The summed E-state index contributed by atoms with van der Waals surface area (Å²) < 4.78 is 0. The Hall–Kier alpha value is -1.09. The number of carbonyl (C=O) groups is 1. The SMILES string of the molecule is CCCCC1CCC(C(=O)Nc2cccc(Cl)n2)CC1. The zero-order chi connectivity index (χ0) is 14.4. The molecule has 1 N–H and O–H groups in total. The van der Waals surface area contributed by atoms with Gasteiger partial charge < -0.3 is 5.32 Å². The number of nitrogens with zero attached hydrogens (tertiary/aromatic N) is 1. The predicted octanol–water partition coefficient (Wildman–Crippen LogP) is 4.67. The first-order valence-electron chi connectivity index (χ1n) is 7.62. The molecule has 1 aromatic rings. The molecule has 3 nitrogen and oxygen atoms in total. The second-order valence-electron chi connectivity index (χ2n) is 5.69. The van der Waals surface area contributed by atoms with E-state index in [9.17, 15) is 4.79 Å². The lowest BCUT2D eigenvalue weighted by molar-refractivity contribution is -0.121. The molecular formula is C16H23ClN2O. The van der Waals surface area contributed by atoms with Crippen molar-refractivity contribution >= 4 is 23.3 Å². The number of nitrogens with one attached hydrogen (secondary N) is 1. The standard InChI is InChI=1S/C16H23ClN2O/c1-2-3-5-12-8-10-13(11-9-12)16(20)19-15-7-4-6-14(17)18-15/h4,6-7,12-13H,2-3,5,8-11H2,1H3,(H,18,19,20). The lowest BCUT2D eigenvalue weighted by Crippen LogP contribution is -2.27. The molecule has 1 fully saturated rings. The Balaban J connectivity index is 1.80. The van der Waals surface area contributed by atoms with Crippen LogP contribution in [0.5, 0.6) is 0 Å². The van der Waals surface area contributed by atoms with E-state index in [0.29, 0.717) is 11.0 Å². The fraction of sp³-hybridized carbons (Fsp3) is 0.625. The van der Waals surface area contributed by atoms with E-state index in [2.05, 4.69) is 17.2 Å². The van der Waals surface area contributed by atoms with Gasteiger partial charge in [-0.3, -0.25) is 4.79 Å². The molecule has 1 amide bonds. The normalized spacial score (nSPS) is 22.5. The van der Waals surface area contributed by atoms with Crippen LogP contribution in [0.1, 0.15) is 51.9 Å². The molecule has 1 aliphatic rings. The van der Waals surface area contributed by atoms with Crippen LogP contribution < -0.4 is 5.32 Å². The van der Waals surface area contributed by atoms with Gasteiger partial charge in [0.15, 0.2) is 0 Å². The highest BCUT2D eigenvalue weighted by molar-refractivity contribution is 6.29. The first kappa shape index (κ1) is 15.3. The molecule has 20 heavy (non-hydrogen) atoms. The van der Waals surface area contributed by atoms with E-state index in [0.717, 1.165) is 18.8 Å². The van der Waals surface area contributed by atoms with Gasteiger partial charge in [-0.15, -0.1) is 0 Å². The third kappa shape index (κ3) is 4.48. The monoisotopic (exact) mass is 294 g/mol. The third-order valence-corrected chi connectivity index (χ3v) is 4.36. The number of unbranched alkanes of at least 4 members (excludes halogenated alkanes) is 1. The van der Waals surface area contributed by atoms with Gasteiger partial charge in [-0.25, -0.2) is 4.98 Å². The molecule has 1 aromatic heterocycles. The van der Waals surface area contributed by atoms with E-state index in [4.69, 9.17) is 11.6 Å². The van der Waals surface area contributed by atoms with E-state index < -0.39 is 0 Å². The first-order valence-corrected chi connectivity index (χ1v) is 8.00. The van der Waals surface area contributed by atoms with Crippen LogP contribution in [0.4, 0.5) is 5.82 Å². The van der Waals surface area contributed by atoms with Crippen molar-refractivity contribution in [3.8, 4) is 0 Å². The van der Waals surface area contributed by atoms with E-state index in [-0.39, 0.29) is 11.8 Å². The van der Waals surface area contributed by atoms with Crippen molar-refractivity contribution in [1.29, 1.82) is 0 Å². The van der Waals surface area contributed by atoms with Crippen molar-refractivity contribution in [1.82, 2.24) is 4.98 Å². The summed E-state index contributed by atoms with van der Waals surface area (Å²) in [5.74, 6) is 1.60. The minimum atomic E-state index is 0.0914. The molecule has 1 heterocycles. The highest BCUT2D eigenvalue weighted by Crippen LogP contribution is 2.32. The molecule has 0 spiro atoms. The minimum Gasteiger partial charge on any atom is -0.310 e. The van der Waals surface area contributed by atoms with Gasteiger partial charge >= 0.3 is 0 Å². The highest BCUT2D eigenvalue weighted by Gasteiger charge is 2.26. The molecule has 4 heteroatoms. The molecule has 0 unspecified atom stereocenters. The Bertz CT molecular complexity index is 442. The maximum atomic E-state index is 12.2. The second kappa shape index (κ2) is 7.63. The molecule has 0 aromatic carbocycles. The molecule has 0 saturated heterocycles. The van der Waals surface area contributed by atoms with Crippen LogP contribution >= 0.6 is 11.6 Å². The van der Waals surface area contributed by atoms with Gasteiger partial charge in [0.2, 0.25) is 5.91 Å². The summed E-state index contributed by atoms with van der Waals surface area (Å²) in [6.07, 6.45) is 8.26. The maximum absolute atomic E-state index is 12.2. The number of hydrogen-bond acceptors (Lipinski definition) is 2. The van der Waals surface area contributed by atoms with Crippen LogP contribution in [0, 0.1) is 11.8 Å². The van der Waals surface area contributed by atoms with Crippen molar-refractivity contribution in [2.24, 2.45) is 11.8 Å². The fourth-order valence-electron chi connectivity index (χ4n) is 2.91. The lowest BCUT2D eigenvalue weighted by Gasteiger charge is -2.27. The molecule has 0 aliphatic heterocycles. The third-order valence-electron chi connectivity index (χ3n) is 4.15. The lowest BCUT2D eigenvalue weighted by atomic mass is 9.79. The Kier molecular flexibility index (Phi) is 5.84. The van der Waals surface area contributed by atoms with Gasteiger partial charge in [0, 0.05) is 5.92 Å². The summed E-state index contributed by atoms with van der Waals surface area (Å²) in [6.45, 7) is 2.23. The van der Waals surface area contributed by atoms with Crippen LogP contribution in [0.15, 0.2) is 18.2 Å². The van der Waals surface area contributed by atoms with Gasteiger partial charge in [-0.2, -0.15) is 0 Å². The van der Waals surface area contributed by atoms with Crippen LogP contribution in [0.25, 0.3) is 0 Å². The van der Waals surface area contributed by atoms with Crippen LogP contribution in [-0.4, -0.2) is 10.9 Å². The zero-order valence-corrected chi connectivity index (χ0v) is 12.8. The molecule has 0 atom stereocenters. The smallest absolute Gasteiger partial charge is 0.228 e. The van der Waals surface area contributed by atoms with Crippen molar-refractivity contribution in [3.63, 3.8) is 0 Å². The van der Waals surface area contributed by atoms with Crippen molar-refractivity contribution in [3.05, 3.63) is 23.4 Å². The summed E-state index contributed by atoms with van der Waals surface area (Å²) in [5.41, 5.74) is 0. The van der Waals surface area contributed by atoms with Gasteiger partial charge in [0.05, 0.1) is 0 Å². The number of carbonyl (C=O) groups excluding carboxylic acids is 1. The quantitative estimate of drug-likeness (QED) is 0.802. The summed E-state index contributed by atoms with van der Waals surface area (Å²) in [6, 6.07) is 5.28. The molecular weight excluding hydrogens is 272 g/mol. The fourth-order valence-corrected chi connectivity index (χ4v) is 3.08. The second-order valence-corrected chi connectivity index (χ2v) is 6.08. The van der Waals surface area contributed by atoms with E-state index in [1.54, 1.807) is 18.2 Å². The van der Waals surface area contributed by atoms with Crippen LogP contribution in [-0.2, 0) is 4.79 Å². The zero-order valence-electron chi connectivity index (χ0n) is 12.1. The van der Waals surface area contributed by atoms with E-state index in [1.165, 1.54) is 32.1 Å². The summed E-state index contributed by atoms with van der Waals surface area (Å²) in [4.78, 5) is 16.3. The Labute approximate surface area is 126 Å². The number of aromatic nitrogens is 1. The number of halogens is 1. The topological polar surface area (TPSA) is 42.0 Å². The molecule has 1 saturated carbocycles. The number of hydrogen-bond donors (Lipinski definition) is 1. The predicted molar refractivity (Wildman–Crippen MR) is 82.8 cm³/mol. The van der Waals surface area contributed by atoms with Gasteiger partial charge in [0.1, 0.15) is 11.0 Å². The minimum absolute atomic E-state index is 0.0914. The van der Waals surface area contributed by atoms with E-state index >= 15 is 0 Å². The Morgan fingerprint density at radius 3 is 2.75 bits per heavy atom. The summed E-state index contributed by atoms with van der Waals surface area (Å²) >= 11 is 5.82. The molecule has 110 valence electrons. The van der Waals surface area contributed by atoms with Gasteiger partial charge in [-0.1, -0.05) is 43.9 Å². The van der Waals surface area contributed by atoms with Crippen molar-refractivity contribution < 1.29 is 4.79 Å². The molecule has 1 aliphatic carbocycles. The highest BCUT2D eigenvalue weighted by atomic mass is 35.5. The average molecular weight is 295 g/mol. The van der Waals surface area contributed by atoms with Crippen molar-refractivity contribution in [2.75, 3.05) is 5.32 Å². The molecule has 0 radical (unpaired) electrons. The maximum Gasteiger partial charge on any atom is 0.228 e. The van der Waals surface area contributed by atoms with Crippen LogP contribution in [0.3, 0.4) is 0 Å². The molecule has 0 bridgehead atoms. The summed E-state index contributed by atoms with van der Waals surface area (Å²) in [5, 5.41) is 3.28.